The number of piperazine rings is 1. The zero-order valence-electron chi connectivity index (χ0n) is 18.8. The Labute approximate surface area is 193 Å². The summed E-state index contributed by atoms with van der Waals surface area (Å²) in [6.45, 7) is 14.8. The van der Waals surface area contributed by atoms with Gasteiger partial charge in [-0.25, -0.2) is 21.2 Å². The largest absolute Gasteiger partial charge is 0.378 e. The number of nitrogens with zero attached hydrogens (tertiary/aromatic N) is 7. The molecule has 0 bridgehead atoms. The standard InChI is InChI=1S/C25H27N7O/c1-17-12-30(7-8-31(17)20-13-33-14-20)22-10-23(28-16-27-22)32-21-9-19(4-3-18(21)11-29-32)25(26-2)15-24(25)5-6-24/h3-4,9-11,16-17,20H,5-8,12-15H2,1H3/t17-,25-/m1/s1. The van der Waals surface area contributed by atoms with E-state index >= 15 is 0 Å². The number of anilines is 1. The molecule has 2 aliphatic carbocycles. The van der Waals surface area contributed by atoms with Crippen LogP contribution in [0.2, 0.25) is 0 Å². The van der Waals surface area contributed by atoms with Crippen LogP contribution in [-0.2, 0) is 10.3 Å². The monoisotopic (exact) mass is 441 g/mol. The van der Waals surface area contributed by atoms with E-state index in [1.165, 1.54) is 12.8 Å². The molecule has 2 atom stereocenters. The Balaban J connectivity index is 1.19. The van der Waals surface area contributed by atoms with Crippen LogP contribution in [0.5, 0.6) is 0 Å². The van der Waals surface area contributed by atoms with Gasteiger partial charge in [-0.15, -0.1) is 0 Å². The Morgan fingerprint density at radius 1 is 1.12 bits per heavy atom. The minimum atomic E-state index is -0.325. The van der Waals surface area contributed by atoms with Crippen molar-refractivity contribution in [3.63, 3.8) is 0 Å². The highest BCUT2D eigenvalue weighted by molar-refractivity contribution is 5.81. The van der Waals surface area contributed by atoms with Gasteiger partial charge in [-0.3, -0.25) is 4.90 Å². The minimum absolute atomic E-state index is 0.250. The molecule has 2 saturated carbocycles. The second kappa shape index (κ2) is 6.75. The lowest BCUT2D eigenvalue weighted by Gasteiger charge is -2.46. The summed E-state index contributed by atoms with van der Waals surface area (Å²) in [4.78, 5) is 18.1. The van der Waals surface area contributed by atoms with Gasteiger partial charge in [-0.05, 0) is 25.8 Å². The van der Waals surface area contributed by atoms with E-state index < -0.39 is 0 Å². The maximum absolute atomic E-state index is 7.87. The Bertz CT molecular complexity index is 1290. The van der Waals surface area contributed by atoms with Gasteiger partial charge in [-0.1, -0.05) is 12.1 Å². The van der Waals surface area contributed by atoms with E-state index in [1.54, 1.807) is 6.33 Å². The molecule has 33 heavy (non-hydrogen) atoms. The van der Waals surface area contributed by atoms with Crippen molar-refractivity contribution < 1.29 is 4.74 Å². The predicted molar refractivity (Wildman–Crippen MR) is 124 cm³/mol. The van der Waals surface area contributed by atoms with Gasteiger partial charge in [0.05, 0.1) is 36.4 Å². The summed E-state index contributed by atoms with van der Waals surface area (Å²) in [6.07, 6.45) is 6.88. The third-order valence-electron chi connectivity index (χ3n) is 8.39. The Hall–Kier alpha value is -3.02. The summed E-state index contributed by atoms with van der Waals surface area (Å²) in [5, 5.41) is 5.71. The zero-order valence-corrected chi connectivity index (χ0v) is 18.8. The van der Waals surface area contributed by atoms with Gasteiger partial charge in [0, 0.05) is 49.1 Å². The van der Waals surface area contributed by atoms with Gasteiger partial charge < -0.3 is 14.5 Å². The summed E-state index contributed by atoms with van der Waals surface area (Å²) in [6, 6.07) is 9.45. The second-order valence-corrected chi connectivity index (χ2v) is 10.2. The molecule has 2 saturated heterocycles. The van der Waals surface area contributed by atoms with E-state index in [0.29, 0.717) is 12.1 Å². The number of ether oxygens (including phenoxy) is 1. The number of fused-ring (bicyclic) bond motifs is 1. The third-order valence-corrected chi connectivity index (χ3v) is 8.39. The zero-order chi connectivity index (χ0) is 22.2. The van der Waals surface area contributed by atoms with E-state index in [-0.39, 0.29) is 11.0 Å². The SMILES string of the molecule is [C-]#[N+][C@@]1(c2ccc3cnn(-c4cc(N5CCN(C6COC6)[C@H](C)C5)ncn4)c3c2)CC12CC2. The molecule has 4 aliphatic rings. The maximum atomic E-state index is 7.87. The van der Waals surface area contributed by atoms with E-state index in [9.17, 15) is 0 Å². The molecule has 3 aromatic rings. The quantitative estimate of drug-likeness (QED) is 0.580. The van der Waals surface area contributed by atoms with Crippen LogP contribution in [0, 0.1) is 12.0 Å². The molecular formula is C25H27N7O. The van der Waals surface area contributed by atoms with Crippen molar-refractivity contribution in [3.8, 4) is 5.82 Å². The third kappa shape index (κ3) is 2.79. The molecule has 0 unspecified atom stereocenters. The fourth-order valence-corrected chi connectivity index (χ4v) is 6.04. The lowest BCUT2D eigenvalue weighted by atomic mass is 10.0. The van der Waals surface area contributed by atoms with Crippen molar-refractivity contribution in [2.24, 2.45) is 5.41 Å². The Kier molecular flexibility index (Phi) is 3.98. The summed E-state index contributed by atoms with van der Waals surface area (Å²) in [5.74, 6) is 1.70. The number of rotatable bonds is 4. The first-order valence-corrected chi connectivity index (χ1v) is 11.9. The molecule has 2 aliphatic heterocycles. The van der Waals surface area contributed by atoms with Gasteiger partial charge in [-0.2, -0.15) is 5.10 Å². The molecular weight excluding hydrogens is 414 g/mol. The van der Waals surface area contributed by atoms with Crippen molar-refractivity contribution in [2.45, 2.75) is 43.8 Å². The Morgan fingerprint density at radius 2 is 1.97 bits per heavy atom. The minimum Gasteiger partial charge on any atom is -0.378 e. The van der Waals surface area contributed by atoms with Crippen LogP contribution in [0.3, 0.4) is 0 Å². The highest BCUT2D eigenvalue weighted by atomic mass is 16.5. The first-order valence-electron chi connectivity index (χ1n) is 11.9. The van der Waals surface area contributed by atoms with Gasteiger partial charge in [0.25, 0.3) is 5.54 Å². The number of benzene rings is 1. The number of aromatic nitrogens is 4. The van der Waals surface area contributed by atoms with Crippen molar-refractivity contribution in [1.82, 2.24) is 24.6 Å². The lowest BCUT2D eigenvalue weighted by molar-refractivity contribution is -0.0793. The first kappa shape index (κ1) is 19.4. The van der Waals surface area contributed by atoms with Crippen LogP contribution in [0.4, 0.5) is 5.82 Å². The van der Waals surface area contributed by atoms with E-state index in [1.807, 2.05) is 16.9 Å². The smallest absolute Gasteiger partial charge is 0.264 e. The van der Waals surface area contributed by atoms with Crippen LogP contribution >= 0.6 is 0 Å². The van der Waals surface area contributed by atoms with Gasteiger partial charge in [0.15, 0.2) is 5.82 Å². The molecule has 0 radical (unpaired) electrons. The maximum Gasteiger partial charge on any atom is 0.264 e. The molecule has 7 rings (SSSR count). The Morgan fingerprint density at radius 3 is 2.67 bits per heavy atom. The molecule has 8 heteroatoms. The average Bonchev–Trinajstić information content (AvgIpc) is 3.68. The molecule has 2 aromatic heterocycles. The number of hydrogen-bond donors (Lipinski definition) is 0. The van der Waals surface area contributed by atoms with Gasteiger partial charge in [0.2, 0.25) is 0 Å². The first-order chi connectivity index (χ1) is 16.1. The van der Waals surface area contributed by atoms with Crippen LogP contribution in [0.1, 0.15) is 31.7 Å². The van der Waals surface area contributed by atoms with Crippen molar-refractivity contribution in [2.75, 3.05) is 37.7 Å². The molecule has 1 aromatic carbocycles. The second-order valence-electron chi connectivity index (χ2n) is 10.2. The van der Waals surface area contributed by atoms with Crippen molar-refractivity contribution >= 4 is 16.7 Å². The van der Waals surface area contributed by atoms with E-state index in [4.69, 9.17) is 11.3 Å². The molecule has 8 nitrogen and oxygen atoms in total. The van der Waals surface area contributed by atoms with Crippen LogP contribution in [0.15, 0.2) is 36.8 Å². The lowest BCUT2D eigenvalue weighted by Crippen LogP contribution is -2.60. The van der Waals surface area contributed by atoms with E-state index in [0.717, 1.165) is 67.4 Å². The van der Waals surface area contributed by atoms with Crippen molar-refractivity contribution in [1.29, 1.82) is 0 Å². The fourth-order valence-electron chi connectivity index (χ4n) is 6.04. The summed E-state index contributed by atoms with van der Waals surface area (Å²) >= 11 is 0. The molecule has 0 amide bonds. The molecule has 168 valence electrons. The molecule has 0 N–H and O–H groups in total. The normalized spacial score (nSPS) is 28.6. The van der Waals surface area contributed by atoms with Crippen LogP contribution in [-0.4, -0.2) is 69.6 Å². The van der Waals surface area contributed by atoms with Gasteiger partial charge >= 0.3 is 0 Å². The number of hydrogen-bond acceptors (Lipinski definition) is 6. The van der Waals surface area contributed by atoms with Gasteiger partial charge in [0.1, 0.15) is 12.1 Å². The highest BCUT2D eigenvalue weighted by Gasteiger charge is 2.82. The fraction of sp³-hybridized carbons (Fsp3) is 0.520. The molecule has 4 heterocycles. The van der Waals surface area contributed by atoms with Crippen LogP contribution < -0.4 is 4.90 Å². The van der Waals surface area contributed by atoms with Crippen LogP contribution in [0.25, 0.3) is 21.6 Å². The summed E-state index contributed by atoms with van der Waals surface area (Å²) in [5.41, 5.74) is 2.06. The van der Waals surface area contributed by atoms with E-state index in [2.05, 4.69) is 54.8 Å². The highest BCUT2D eigenvalue weighted by Crippen LogP contribution is 2.79. The molecule has 1 spiro atoms. The predicted octanol–water partition coefficient (Wildman–Crippen LogP) is 3.02. The summed E-state index contributed by atoms with van der Waals surface area (Å²) < 4.78 is 7.29. The topological polar surface area (TPSA) is 63.7 Å². The summed E-state index contributed by atoms with van der Waals surface area (Å²) in [7, 11) is 0. The molecule has 4 fully saturated rings. The van der Waals surface area contributed by atoms with Crippen molar-refractivity contribution in [3.05, 3.63) is 53.8 Å². The average molecular weight is 442 g/mol.